The van der Waals surface area contributed by atoms with Gasteiger partial charge in [-0.15, -0.1) is 0 Å². The topological polar surface area (TPSA) is 14.8 Å². The van der Waals surface area contributed by atoms with Crippen LogP contribution in [0.1, 0.15) is 0 Å². The lowest BCUT2D eigenvalue weighted by Gasteiger charge is -2.34. The zero-order chi connectivity index (χ0) is 50.2. The normalized spacial score (nSPS) is 11.9. The molecule has 0 spiro atoms. The van der Waals surface area contributed by atoms with Gasteiger partial charge in [0.25, 0.3) is 0 Å². The fourth-order valence-electron chi connectivity index (χ4n) is 12.6. The standard InChI is InChI=1S/C72H49N3Si/c1-4-20-57(21-5-1)76(58-22-6-2-7-23-58,59-24-8-3-9-25-59)60-43-40-51(41-44-60)50-36-38-52(39-37-50)53-46-55(74-69-33-17-12-28-63(69)64-29-13-18-34-70(64)74)48-56(47-53)75-71-35-19-14-30-65(71)66-49-54(42-45-72(66)75)73-67-31-15-10-26-61(67)62-27-11-16-32-68(62)73/h1-49H. The predicted octanol–water partition coefficient (Wildman–Crippen LogP) is 15.7. The average Bonchev–Trinajstić information content (AvgIpc) is 4.23. The summed E-state index contributed by atoms with van der Waals surface area (Å²) in [5.41, 5.74) is 15.1. The van der Waals surface area contributed by atoms with Crippen molar-refractivity contribution in [3.05, 3.63) is 297 Å². The van der Waals surface area contributed by atoms with E-state index < -0.39 is 8.07 Å². The molecule has 0 N–H and O–H groups in total. The molecule has 0 saturated heterocycles. The van der Waals surface area contributed by atoms with Crippen LogP contribution in [0.15, 0.2) is 297 Å². The fraction of sp³-hybridized carbons (Fsp3) is 0. The third-order valence-corrected chi connectivity index (χ3v) is 20.8. The zero-order valence-corrected chi connectivity index (χ0v) is 42.6. The van der Waals surface area contributed by atoms with E-state index in [1.54, 1.807) is 0 Å². The molecular formula is C72H49N3Si. The van der Waals surface area contributed by atoms with E-state index in [9.17, 15) is 0 Å². The monoisotopic (exact) mass is 983 g/mol. The van der Waals surface area contributed by atoms with Gasteiger partial charge in [-0.3, -0.25) is 0 Å². The van der Waals surface area contributed by atoms with Crippen LogP contribution in [0.2, 0.25) is 0 Å². The van der Waals surface area contributed by atoms with Gasteiger partial charge in [-0.2, -0.15) is 0 Å². The first-order valence-electron chi connectivity index (χ1n) is 26.2. The summed E-state index contributed by atoms with van der Waals surface area (Å²) in [7, 11) is -2.64. The van der Waals surface area contributed by atoms with E-state index >= 15 is 0 Å². The summed E-state index contributed by atoms with van der Waals surface area (Å²) >= 11 is 0. The Bertz CT molecular complexity index is 4460. The van der Waals surface area contributed by atoms with Gasteiger partial charge in [0, 0.05) is 49.4 Å². The number of benzene rings is 12. The molecule has 0 radical (unpaired) electrons. The van der Waals surface area contributed by atoms with Gasteiger partial charge < -0.3 is 13.7 Å². The summed E-state index contributed by atoms with van der Waals surface area (Å²) in [6.45, 7) is 0. The van der Waals surface area contributed by atoms with Crippen molar-refractivity contribution in [3.63, 3.8) is 0 Å². The van der Waals surface area contributed by atoms with E-state index in [1.165, 1.54) is 91.8 Å². The Hall–Kier alpha value is -9.74. The van der Waals surface area contributed by atoms with Crippen molar-refractivity contribution in [2.45, 2.75) is 0 Å². The first-order valence-corrected chi connectivity index (χ1v) is 28.2. The van der Waals surface area contributed by atoms with Crippen molar-refractivity contribution in [1.82, 2.24) is 13.7 Å². The number of hydrogen-bond donors (Lipinski definition) is 0. The molecule has 4 heteroatoms. The third kappa shape index (κ3) is 6.81. The van der Waals surface area contributed by atoms with Crippen LogP contribution in [0, 0.1) is 0 Å². The van der Waals surface area contributed by atoms with Gasteiger partial charge in [0.1, 0.15) is 0 Å². The maximum atomic E-state index is 2.47. The summed E-state index contributed by atoms with van der Waals surface area (Å²) < 4.78 is 7.34. The molecule has 0 saturated carbocycles. The molecule has 356 valence electrons. The highest BCUT2D eigenvalue weighted by Crippen LogP contribution is 2.40. The van der Waals surface area contributed by atoms with E-state index in [1.807, 2.05) is 0 Å². The minimum Gasteiger partial charge on any atom is -0.309 e. The molecule has 0 amide bonds. The van der Waals surface area contributed by atoms with Gasteiger partial charge in [0.2, 0.25) is 0 Å². The van der Waals surface area contributed by atoms with Crippen LogP contribution >= 0.6 is 0 Å². The van der Waals surface area contributed by atoms with E-state index in [-0.39, 0.29) is 0 Å². The Morgan fingerprint density at radius 2 is 0.474 bits per heavy atom. The molecule has 0 bridgehead atoms. The van der Waals surface area contributed by atoms with E-state index in [4.69, 9.17) is 0 Å². The Morgan fingerprint density at radius 1 is 0.184 bits per heavy atom. The highest BCUT2D eigenvalue weighted by molar-refractivity contribution is 7.19. The zero-order valence-electron chi connectivity index (χ0n) is 41.6. The van der Waals surface area contributed by atoms with Gasteiger partial charge in [-0.25, -0.2) is 0 Å². The maximum absolute atomic E-state index is 2.64. The van der Waals surface area contributed by atoms with Crippen molar-refractivity contribution < 1.29 is 0 Å². The SMILES string of the molecule is c1ccc([Si](c2ccccc2)(c2ccccc2)c2ccc(-c3ccc(-c4cc(-n5c6ccccc6c6ccccc65)cc(-n5c6ccccc6c6cc(-n7c8ccccc8c8ccccc87)ccc65)c4)cc3)cc2)cc1. The van der Waals surface area contributed by atoms with Gasteiger partial charge >= 0.3 is 0 Å². The smallest absolute Gasteiger partial charge is 0.179 e. The van der Waals surface area contributed by atoms with E-state index in [2.05, 4.69) is 311 Å². The van der Waals surface area contributed by atoms with Crippen molar-refractivity contribution in [3.8, 4) is 39.3 Å². The molecular weight excluding hydrogens is 935 g/mol. The molecule has 15 aromatic rings. The quantitative estimate of drug-likeness (QED) is 0.101. The number of rotatable bonds is 9. The summed E-state index contributed by atoms with van der Waals surface area (Å²) in [5.74, 6) is 0. The Balaban J connectivity index is 0.885. The van der Waals surface area contributed by atoms with Crippen molar-refractivity contribution in [2.24, 2.45) is 0 Å². The van der Waals surface area contributed by atoms with Gasteiger partial charge in [0.05, 0.1) is 33.1 Å². The Morgan fingerprint density at radius 3 is 0.868 bits per heavy atom. The highest BCUT2D eigenvalue weighted by Gasteiger charge is 2.41. The Kier molecular flexibility index (Phi) is 10.2. The van der Waals surface area contributed by atoms with Crippen molar-refractivity contribution in [2.75, 3.05) is 0 Å². The number of fused-ring (bicyclic) bond motifs is 9. The maximum Gasteiger partial charge on any atom is 0.179 e. The molecule has 0 aliphatic carbocycles. The minimum atomic E-state index is -2.64. The molecule has 0 fully saturated rings. The lowest BCUT2D eigenvalue weighted by Crippen LogP contribution is -2.74. The molecule has 76 heavy (non-hydrogen) atoms. The molecule has 0 aliphatic rings. The lowest BCUT2D eigenvalue weighted by molar-refractivity contribution is 1.13. The molecule has 3 heterocycles. The molecule has 0 atom stereocenters. The molecule has 0 aliphatic heterocycles. The summed E-state index contributed by atoms with van der Waals surface area (Å²) in [6, 6.07) is 110. The Labute approximate surface area is 442 Å². The summed E-state index contributed by atoms with van der Waals surface area (Å²) in [4.78, 5) is 0. The third-order valence-electron chi connectivity index (χ3n) is 16.0. The number of nitrogens with zero attached hydrogens (tertiary/aromatic N) is 3. The lowest BCUT2D eigenvalue weighted by atomic mass is 9.99. The van der Waals surface area contributed by atoms with Crippen LogP contribution in [-0.4, -0.2) is 21.8 Å². The van der Waals surface area contributed by atoms with Crippen LogP contribution in [0.4, 0.5) is 0 Å². The molecule has 3 aromatic heterocycles. The first kappa shape index (κ1) is 43.8. The van der Waals surface area contributed by atoms with Crippen LogP contribution in [0.3, 0.4) is 0 Å². The number of hydrogen-bond acceptors (Lipinski definition) is 0. The van der Waals surface area contributed by atoms with E-state index in [0.717, 1.165) is 33.7 Å². The summed E-state index contributed by atoms with van der Waals surface area (Å²) in [6.07, 6.45) is 0. The van der Waals surface area contributed by atoms with Crippen LogP contribution in [0.5, 0.6) is 0 Å². The largest absolute Gasteiger partial charge is 0.309 e. The average molecular weight is 984 g/mol. The number of aromatic nitrogens is 3. The molecule has 3 nitrogen and oxygen atoms in total. The van der Waals surface area contributed by atoms with Crippen LogP contribution < -0.4 is 20.7 Å². The van der Waals surface area contributed by atoms with Crippen molar-refractivity contribution in [1.29, 1.82) is 0 Å². The highest BCUT2D eigenvalue weighted by atomic mass is 28.3. The molecule has 0 unspecified atom stereocenters. The molecule has 15 rings (SSSR count). The minimum absolute atomic E-state index is 1.10. The first-order chi connectivity index (χ1) is 37.7. The molecule has 12 aromatic carbocycles. The van der Waals surface area contributed by atoms with Crippen LogP contribution in [0.25, 0.3) is 105 Å². The van der Waals surface area contributed by atoms with Gasteiger partial charge in [0.15, 0.2) is 8.07 Å². The number of para-hydroxylation sites is 5. The van der Waals surface area contributed by atoms with Gasteiger partial charge in [-0.1, -0.05) is 231 Å². The second-order valence-electron chi connectivity index (χ2n) is 20.0. The van der Waals surface area contributed by atoms with E-state index in [0.29, 0.717) is 0 Å². The summed E-state index contributed by atoms with van der Waals surface area (Å²) in [5, 5.41) is 12.9. The van der Waals surface area contributed by atoms with Gasteiger partial charge in [-0.05, 0) is 110 Å². The van der Waals surface area contributed by atoms with Crippen LogP contribution in [-0.2, 0) is 0 Å². The predicted molar refractivity (Wildman–Crippen MR) is 324 cm³/mol. The second kappa shape index (κ2) is 17.7. The second-order valence-corrected chi connectivity index (χ2v) is 23.8. The fourth-order valence-corrected chi connectivity index (χ4v) is 17.4. The van der Waals surface area contributed by atoms with Crippen molar-refractivity contribution >= 4 is 94.2 Å².